The molecule has 9 heteroatoms. The molecule has 0 radical (unpaired) electrons. The van der Waals surface area contributed by atoms with E-state index in [4.69, 9.17) is 9.47 Å². The molecule has 2 aromatic carbocycles. The summed E-state index contributed by atoms with van der Waals surface area (Å²) >= 11 is 0. The van der Waals surface area contributed by atoms with E-state index in [0.717, 1.165) is 13.1 Å². The molecule has 0 aromatic heterocycles. The number of aliphatic imine (C=N–C) groups is 1. The Labute approximate surface area is 164 Å². The molecule has 0 saturated heterocycles. The molecule has 5 nitrogen and oxygen atoms in total. The molecular weight excluding hydrogens is 394 g/mol. The lowest BCUT2D eigenvalue weighted by molar-refractivity contribution is -0.143. The van der Waals surface area contributed by atoms with Crippen LogP contribution >= 0.6 is 0 Å². The third-order valence-corrected chi connectivity index (χ3v) is 4.02. The highest BCUT2D eigenvalue weighted by atomic mass is 19.2. The molecular formula is C20H17F4NO4. The van der Waals surface area contributed by atoms with Crippen LogP contribution in [0.15, 0.2) is 29.3 Å². The number of methoxy groups -OCH3 is 1. The molecule has 0 saturated carbocycles. The Bertz CT molecular complexity index is 929. The maximum Gasteiger partial charge on any atom is 0.322 e. The van der Waals surface area contributed by atoms with Crippen LogP contribution in [0.25, 0.3) is 0 Å². The quantitative estimate of drug-likeness (QED) is 0.129. The summed E-state index contributed by atoms with van der Waals surface area (Å²) < 4.78 is 64.8. The van der Waals surface area contributed by atoms with Gasteiger partial charge in [-0.05, 0) is 38.1 Å². The number of carbonyl (C=O) groups excluding carboxylic acids is 2. The predicted octanol–water partition coefficient (Wildman–Crippen LogP) is 4.32. The van der Waals surface area contributed by atoms with Crippen LogP contribution in [0.3, 0.4) is 0 Å². The number of benzene rings is 2. The Morgan fingerprint density at radius 2 is 1.62 bits per heavy atom. The average Bonchev–Trinajstić information content (AvgIpc) is 2.71. The number of hydrogen-bond donors (Lipinski definition) is 0. The molecule has 0 amide bonds. The third-order valence-electron chi connectivity index (χ3n) is 4.02. The molecule has 2 rings (SSSR count). The van der Waals surface area contributed by atoms with E-state index in [1.54, 1.807) is 12.1 Å². The molecule has 0 heterocycles. The molecule has 1 atom stereocenters. The van der Waals surface area contributed by atoms with E-state index < -0.39 is 52.1 Å². The Hall–Kier alpha value is -3.23. The Kier molecular flexibility index (Phi) is 7.08. The van der Waals surface area contributed by atoms with Crippen molar-refractivity contribution in [1.29, 1.82) is 0 Å². The smallest absolute Gasteiger partial charge is 0.322 e. The molecule has 2 aromatic rings. The highest BCUT2D eigenvalue weighted by Gasteiger charge is 2.34. The first-order valence-corrected chi connectivity index (χ1v) is 8.44. The molecule has 0 fully saturated rings. The number of esters is 1. The van der Waals surface area contributed by atoms with Crippen LogP contribution in [0.4, 0.5) is 23.2 Å². The van der Waals surface area contributed by atoms with Crippen molar-refractivity contribution in [3.05, 3.63) is 58.7 Å². The highest BCUT2D eigenvalue weighted by molar-refractivity contribution is 6.19. The topological polar surface area (TPSA) is 65.0 Å². The average molecular weight is 411 g/mol. The minimum atomic E-state index is -2.15. The van der Waals surface area contributed by atoms with E-state index in [-0.39, 0.29) is 6.61 Å². The lowest BCUT2D eigenvalue weighted by Gasteiger charge is -2.14. The first kappa shape index (κ1) is 22.1. The van der Waals surface area contributed by atoms with Gasteiger partial charge in [-0.15, -0.1) is 0 Å². The van der Waals surface area contributed by atoms with Crippen molar-refractivity contribution < 1.29 is 36.6 Å². The van der Waals surface area contributed by atoms with E-state index in [9.17, 15) is 27.2 Å². The van der Waals surface area contributed by atoms with Gasteiger partial charge in [0, 0.05) is 11.8 Å². The zero-order chi connectivity index (χ0) is 21.7. The third kappa shape index (κ3) is 4.61. The number of hydrogen-bond acceptors (Lipinski definition) is 5. The van der Waals surface area contributed by atoms with Gasteiger partial charge < -0.3 is 9.47 Å². The van der Waals surface area contributed by atoms with Crippen LogP contribution in [0.1, 0.15) is 22.8 Å². The van der Waals surface area contributed by atoms with Gasteiger partial charge in [-0.25, -0.2) is 17.6 Å². The summed E-state index contributed by atoms with van der Waals surface area (Å²) in [6.07, 6.45) is 0.875. The zero-order valence-electron chi connectivity index (χ0n) is 15.8. The molecule has 29 heavy (non-hydrogen) atoms. The van der Waals surface area contributed by atoms with E-state index in [0.29, 0.717) is 11.4 Å². The number of ketones is 1. The Balaban J connectivity index is 2.49. The van der Waals surface area contributed by atoms with Crippen molar-refractivity contribution in [3.8, 4) is 5.75 Å². The van der Waals surface area contributed by atoms with Crippen molar-refractivity contribution in [1.82, 2.24) is 0 Å². The predicted molar refractivity (Wildman–Crippen MR) is 96.6 cm³/mol. The summed E-state index contributed by atoms with van der Waals surface area (Å²) in [6.45, 7) is 2.27. The zero-order valence-corrected chi connectivity index (χ0v) is 15.8. The lowest BCUT2D eigenvalue weighted by Crippen LogP contribution is -2.29. The van der Waals surface area contributed by atoms with E-state index in [2.05, 4.69) is 4.99 Å². The standard InChI is InChI=1S/C20H17F4NO4/c1-4-29-20(27)13(9-25-11-5-7-12(28-3)8-6-11)19(26)14-10(2)15(21)17(23)18(24)16(14)22/h5-9,13H,4H2,1-3H3. The molecule has 0 N–H and O–H groups in total. The normalized spacial score (nSPS) is 12.1. The summed E-state index contributed by atoms with van der Waals surface area (Å²) in [5, 5.41) is 0. The summed E-state index contributed by atoms with van der Waals surface area (Å²) in [6, 6.07) is 6.18. The molecule has 154 valence electrons. The van der Waals surface area contributed by atoms with Gasteiger partial charge in [0.2, 0.25) is 0 Å². The number of Topliss-reactive ketones (excluding diaryl/α,β-unsaturated/α-hetero) is 1. The second kappa shape index (κ2) is 9.31. The second-order valence-electron chi connectivity index (χ2n) is 5.83. The largest absolute Gasteiger partial charge is 0.497 e. The summed E-state index contributed by atoms with van der Waals surface area (Å²) in [7, 11) is 1.46. The summed E-state index contributed by atoms with van der Waals surface area (Å²) in [5.74, 6) is -11.5. The van der Waals surface area contributed by atoms with Crippen LogP contribution in [-0.4, -0.2) is 31.7 Å². The number of rotatable bonds is 7. The van der Waals surface area contributed by atoms with Gasteiger partial charge in [0.15, 0.2) is 35.0 Å². The molecule has 0 aliphatic heterocycles. The van der Waals surface area contributed by atoms with Crippen molar-refractivity contribution in [3.63, 3.8) is 0 Å². The van der Waals surface area contributed by atoms with Crippen molar-refractivity contribution in [2.45, 2.75) is 13.8 Å². The molecule has 0 spiro atoms. The van der Waals surface area contributed by atoms with Crippen molar-refractivity contribution in [2.75, 3.05) is 13.7 Å². The number of halogens is 4. The maximum atomic E-state index is 14.2. The second-order valence-corrected chi connectivity index (χ2v) is 5.83. The van der Waals surface area contributed by atoms with Crippen molar-refractivity contribution >= 4 is 23.7 Å². The van der Waals surface area contributed by atoms with Crippen LogP contribution in [0.5, 0.6) is 5.75 Å². The maximum absolute atomic E-state index is 14.2. The van der Waals surface area contributed by atoms with E-state index >= 15 is 0 Å². The number of ether oxygens (including phenoxy) is 2. The monoisotopic (exact) mass is 411 g/mol. The number of nitrogens with zero attached hydrogens (tertiary/aromatic N) is 1. The molecule has 0 aliphatic carbocycles. The Morgan fingerprint density at radius 3 is 2.17 bits per heavy atom. The molecule has 0 bridgehead atoms. The first-order chi connectivity index (χ1) is 13.7. The molecule has 1 unspecified atom stereocenters. The van der Waals surface area contributed by atoms with Gasteiger partial charge in [-0.2, -0.15) is 0 Å². The van der Waals surface area contributed by atoms with Crippen LogP contribution in [0, 0.1) is 36.1 Å². The molecule has 0 aliphatic rings. The Morgan fingerprint density at radius 1 is 1.03 bits per heavy atom. The SMILES string of the molecule is CCOC(=O)C(C=Nc1ccc(OC)cc1)C(=O)c1c(C)c(F)c(F)c(F)c1F. The van der Waals surface area contributed by atoms with Gasteiger partial charge in [-0.1, -0.05) is 0 Å². The fraction of sp³-hybridized carbons (Fsp3) is 0.250. The van der Waals surface area contributed by atoms with E-state index in [1.807, 2.05) is 0 Å². The van der Waals surface area contributed by atoms with Gasteiger partial charge in [0.1, 0.15) is 5.75 Å². The van der Waals surface area contributed by atoms with Gasteiger partial charge in [-0.3, -0.25) is 14.6 Å². The van der Waals surface area contributed by atoms with Gasteiger partial charge >= 0.3 is 5.97 Å². The minimum Gasteiger partial charge on any atom is -0.497 e. The first-order valence-electron chi connectivity index (χ1n) is 8.44. The highest BCUT2D eigenvalue weighted by Crippen LogP contribution is 2.26. The fourth-order valence-corrected chi connectivity index (χ4v) is 2.49. The van der Waals surface area contributed by atoms with Gasteiger partial charge in [0.25, 0.3) is 0 Å². The minimum absolute atomic E-state index is 0.105. The summed E-state index contributed by atoms with van der Waals surface area (Å²) in [4.78, 5) is 28.9. The van der Waals surface area contributed by atoms with Crippen molar-refractivity contribution in [2.24, 2.45) is 10.9 Å². The van der Waals surface area contributed by atoms with Crippen LogP contribution in [0.2, 0.25) is 0 Å². The fourth-order valence-electron chi connectivity index (χ4n) is 2.49. The van der Waals surface area contributed by atoms with E-state index in [1.165, 1.54) is 26.2 Å². The van der Waals surface area contributed by atoms with Crippen LogP contribution < -0.4 is 4.74 Å². The van der Waals surface area contributed by atoms with Crippen LogP contribution in [-0.2, 0) is 9.53 Å². The lowest BCUT2D eigenvalue weighted by atomic mass is 9.94. The number of carbonyl (C=O) groups is 2. The van der Waals surface area contributed by atoms with Gasteiger partial charge in [0.05, 0.1) is 25.0 Å². The summed E-state index contributed by atoms with van der Waals surface area (Å²) in [5.41, 5.74) is -1.53.